The summed E-state index contributed by atoms with van der Waals surface area (Å²) in [5, 5.41) is 16.4. The predicted molar refractivity (Wildman–Crippen MR) is 82.5 cm³/mol. The van der Waals surface area contributed by atoms with Gasteiger partial charge in [0.05, 0.1) is 5.41 Å². The molecule has 0 aliphatic carbocycles. The van der Waals surface area contributed by atoms with Crippen LogP contribution in [0.3, 0.4) is 0 Å². The molecular formula is C15H22N2O3S. The molecular weight excluding hydrogens is 288 g/mol. The van der Waals surface area contributed by atoms with Crippen molar-refractivity contribution in [2.75, 3.05) is 19.6 Å². The Hall–Kier alpha value is -1.56. The number of urea groups is 1. The first-order valence-electron chi connectivity index (χ1n) is 7.23. The van der Waals surface area contributed by atoms with Crippen molar-refractivity contribution in [2.24, 2.45) is 11.3 Å². The maximum atomic E-state index is 12.1. The van der Waals surface area contributed by atoms with Crippen molar-refractivity contribution < 1.29 is 14.7 Å². The lowest BCUT2D eigenvalue weighted by Gasteiger charge is -2.28. The normalized spacial score (nSPS) is 21.8. The number of hydrogen-bond donors (Lipinski definition) is 2. The van der Waals surface area contributed by atoms with Crippen LogP contribution >= 0.6 is 11.3 Å². The fourth-order valence-electron chi connectivity index (χ4n) is 2.76. The lowest BCUT2D eigenvalue weighted by atomic mass is 9.76. The van der Waals surface area contributed by atoms with E-state index in [9.17, 15) is 14.7 Å². The molecule has 2 rings (SSSR count). The molecule has 5 nitrogen and oxygen atoms in total. The van der Waals surface area contributed by atoms with Gasteiger partial charge in [0.1, 0.15) is 0 Å². The molecule has 0 aromatic carbocycles. The maximum absolute atomic E-state index is 12.1. The highest BCUT2D eigenvalue weighted by Crippen LogP contribution is 2.38. The van der Waals surface area contributed by atoms with Gasteiger partial charge in [0.15, 0.2) is 0 Å². The van der Waals surface area contributed by atoms with E-state index in [-0.39, 0.29) is 11.9 Å². The Kier molecular flexibility index (Phi) is 4.88. The first-order valence-corrected chi connectivity index (χ1v) is 8.17. The number of carbonyl (C=O) groups is 2. The van der Waals surface area contributed by atoms with Crippen LogP contribution in [-0.2, 0) is 11.2 Å². The Labute approximate surface area is 129 Å². The van der Waals surface area contributed by atoms with Gasteiger partial charge < -0.3 is 15.3 Å². The Morgan fingerprint density at radius 1 is 1.52 bits per heavy atom. The van der Waals surface area contributed by atoms with Crippen LogP contribution in [0.15, 0.2) is 16.8 Å². The van der Waals surface area contributed by atoms with Crippen LogP contribution in [-0.4, -0.2) is 41.6 Å². The van der Waals surface area contributed by atoms with Crippen LogP contribution in [0, 0.1) is 11.3 Å². The smallest absolute Gasteiger partial charge is 0.317 e. The van der Waals surface area contributed by atoms with E-state index < -0.39 is 11.4 Å². The Morgan fingerprint density at radius 2 is 2.29 bits per heavy atom. The molecule has 1 aliphatic rings. The Bertz CT molecular complexity index is 501. The van der Waals surface area contributed by atoms with Crippen LogP contribution < -0.4 is 5.32 Å². The number of hydrogen-bond acceptors (Lipinski definition) is 3. The van der Waals surface area contributed by atoms with Crippen LogP contribution in [0.5, 0.6) is 0 Å². The molecule has 116 valence electrons. The Balaban J connectivity index is 1.85. The minimum atomic E-state index is -0.801. The number of nitrogens with one attached hydrogen (secondary N) is 1. The average Bonchev–Trinajstić information content (AvgIpc) is 3.08. The van der Waals surface area contributed by atoms with Crippen LogP contribution in [0.1, 0.15) is 25.8 Å². The molecule has 1 aliphatic heterocycles. The molecule has 0 radical (unpaired) electrons. The number of amides is 2. The molecule has 1 unspecified atom stereocenters. The quantitative estimate of drug-likeness (QED) is 0.877. The molecule has 0 saturated carbocycles. The van der Waals surface area contributed by atoms with E-state index in [4.69, 9.17) is 0 Å². The van der Waals surface area contributed by atoms with Gasteiger partial charge in [-0.25, -0.2) is 4.79 Å². The molecule has 1 aromatic rings. The molecule has 1 atom stereocenters. The van der Waals surface area contributed by atoms with Gasteiger partial charge in [0.25, 0.3) is 0 Å². The van der Waals surface area contributed by atoms with Crippen molar-refractivity contribution in [3.8, 4) is 0 Å². The van der Waals surface area contributed by atoms with Gasteiger partial charge in [-0.05, 0) is 41.1 Å². The van der Waals surface area contributed by atoms with Gasteiger partial charge in [-0.15, -0.1) is 0 Å². The summed E-state index contributed by atoms with van der Waals surface area (Å²) in [6.45, 7) is 5.20. The third-order valence-electron chi connectivity index (χ3n) is 4.39. The molecule has 0 spiro atoms. The monoisotopic (exact) mass is 310 g/mol. The van der Waals surface area contributed by atoms with E-state index in [1.807, 2.05) is 25.3 Å². The van der Waals surface area contributed by atoms with Crippen LogP contribution in [0.4, 0.5) is 4.79 Å². The number of carbonyl (C=O) groups excluding carboxylic acids is 1. The highest BCUT2D eigenvalue weighted by atomic mass is 32.1. The second-order valence-corrected chi connectivity index (χ2v) is 6.68. The third kappa shape index (κ3) is 3.37. The summed E-state index contributed by atoms with van der Waals surface area (Å²) in [5.74, 6) is -0.787. The zero-order valence-corrected chi connectivity index (χ0v) is 13.3. The molecule has 2 N–H and O–H groups in total. The second-order valence-electron chi connectivity index (χ2n) is 5.90. The number of thiophene rings is 1. The van der Waals surface area contributed by atoms with Crippen LogP contribution in [0.25, 0.3) is 0 Å². The lowest BCUT2D eigenvalue weighted by Crippen LogP contribution is -2.44. The highest BCUT2D eigenvalue weighted by molar-refractivity contribution is 7.07. The Morgan fingerprint density at radius 3 is 2.81 bits per heavy atom. The van der Waals surface area contributed by atoms with Crippen molar-refractivity contribution in [3.63, 3.8) is 0 Å². The molecule has 6 heteroatoms. The van der Waals surface area contributed by atoms with Gasteiger partial charge in [-0.1, -0.05) is 13.8 Å². The summed E-state index contributed by atoms with van der Waals surface area (Å²) < 4.78 is 0. The summed E-state index contributed by atoms with van der Waals surface area (Å²) in [5.41, 5.74) is 0.411. The van der Waals surface area contributed by atoms with E-state index in [0.717, 1.165) is 6.42 Å². The SMILES string of the molecule is CC(C)C1(C(=O)O)CCN(C(=O)NCCc2ccsc2)C1. The van der Waals surface area contributed by atoms with Crippen LogP contribution in [0.2, 0.25) is 0 Å². The van der Waals surface area contributed by atoms with Crippen molar-refractivity contribution in [2.45, 2.75) is 26.7 Å². The van der Waals surface area contributed by atoms with Gasteiger partial charge >= 0.3 is 12.0 Å². The fraction of sp³-hybridized carbons (Fsp3) is 0.600. The second kappa shape index (κ2) is 6.47. The van der Waals surface area contributed by atoms with E-state index >= 15 is 0 Å². The number of carboxylic acid groups (broad SMARTS) is 1. The zero-order chi connectivity index (χ0) is 15.5. The third-order valence-corrected chi connectivity index (χ3v) is 5.12. The van der Waals surface area contributed by atoms with Crippen molar-refractivity contribution in [3.05, 3.63) is 22.4 Å². The summed E-state index contributed by atoms with van der Waals surface area (Å²) in [4.78, 5) is 25.3. The fourth-order valence-corrected chi connectivity index (χ4v) is 3.46. The zero-order valence-electron chi connectivity index (χ0n) is 12.5. The first kappa shape index (κ1) is 15.8. The number of likely N-dealkylation sites (tertiary alicyclic amines) is 1. The minimum absolute atomic E-state index is 0.0126. The number of rotatable bonds is 5. The molecule has 21 heavy (non-hydrogen) atoms. The first-order chi connectivity index (χ1) is 9.95. The highest BCUT2D eigenvalue weighted by Gasteiger charge is 2.48. The molecule has 2 amide bonds. The number of nitrogens with zero attached hydrogens (tertiary/aromatic N) is 1. The van der Waals surface area contributed by atoms with Gasteiger partial charge in [0.2, 0.25) is 0 Å². The average molecular weight is 310 g/mol. The number of aliphatic carboxylic acids is 1. The topological polar surface area (TPSA) is 69.6 Å². The summed E-state index contributed by atoms with van der Waals surface area (Å²) >= 11 is 1.64. The van der Waals surface area contributed by atoms with E-state index in [1.54, 1.807) is 16.2 Å². The predicted octanol–water partition coefficient (Wildman–Crippen LogP) is 2.43. The van der Waals surface area contributed by atoms with Crippen molar-refractivity contribution in [1.29, 1.82) is 0 Å². The lowest BCUT2D eigenvalue weighted by molar-refractivity contribution is -0.150. The molecule has 1 saturated heterocycles. The summed E-state index contributed by atoms with van der Waals surface area (Å²) in [6, 6.07) is 1.88. The minimum Gasteiger partial charge on any atom is -0.481 e. The molecule has 1 fully saturated rings. The molecule has 2 heterocycles. The van der Waals surface area contributed by atoms with Gasteiger partial charge in [0, 0.05) is 19.6 Å². The summed E-state index contributed by atoms with van der Waals surface area (Å²) in [7, 11) is 0. The maximum Gasteiger partial charge on any atom is 0.317 e. The number of carboxylic acids is 1. The van der Waals surface area contributed by atoms with E-state index in [1.165, 1.54) is 5.56 Å². The van der Waals surface area contributed by atoms with Gasteiger partial charge in [-0.3, -0.25) is 4.79 Å². The standard InChI is InChI=1S/C15H22N2O3S/c1-11(2)15(13(18)19)5-7-17(10-15)14(20)16-6-3-12-4-8-21-9-12/h4,8-9,11H,3,5-7,10H2,1-2H3,(H,16,20)(H,18,19). The summed E-state index contributed by atoms with van der Waals surface area (Å²) in [6.07, 6.45) is 1.33. The molecule has 1 aromatic heterocycles. The molecule has 0 bridgehead atoms. The van der Waals surface area contributed by atoms with Crippen molar-refractivity contribution >= 4 is 23.3 Å². The van der Waals surface area contributed by atoms with Crippen molar-refractivity contribution in [1.82, 2.24) is 10.2 Å². The van der Waals surface area contributed by atoms with E-state index in [2.05, 4.69) is 10.7 Å². The van der Waals surface area contributed by atoms with E-state index in [0.29, 0.717) is 26.1 Å². The van der Waals surface area contributed by atoms with Gasteiger partial charge in [-0.2, -0.15) is 11.3 Å². The largest absolute Gasteiger partial charge is 0.481 e.